The van der Waals surface area contributed by atoms with Gasteiger partial charge in [0.15, 0.2) is 0 Å². The molecule has 0 radical (unpaired) electrons. The van der Waals surface area contributed by atoms with Crippen molar-refractivity contribution in [2.75, 3.05) is 6.54 Å². The van der Waals surface area contributed by atoms with E-state index in [4.69, 9.17) is 0 Å². The molecule has 1 amide bonds. The minimum atomic E-state index is 0.352. The standard InChI is InChI=1S/C8H13NO/c1-2-8(10)9-4-3-6-5-7(6)9/h6-7H,2-5H2,1H3. The molecule has 1 saturated carbocycles. The van der Waals surface area contributed by atoms with Gasteiger partial charge in [-0.1, -0.05) is 6.92 Å². The topological polar surface area (TPSA) is 20.3 Å². The van der Waals surface area contributed by atoms with E-state index in [9.17, 15) is 4.79 Å². The van der Waals surface area contributed by atoms with Crippen LogP contribution in [-0.2, 0) is 4.79 Å². The molecule has 1 aliphatic heterocycles. The van der Waals surface area contributed by atoms with Crippen molar-refractivity contribution >= 4 is 5.91 Å². The molecule has 0 spiro atoms. The van der Waals surface area contributed by atoms with Crippen LogP contribution in [0.4, 0.5) is 0 Å². The van der Waals surface area contributed by atoms with Crippen LogP contribution in [0.3, 0.4) is 0 Å². The Morgan fingerprint density at radius 1 is 1.70 bits per heavy atom. The normalized spacial score (nSPS) is 35.9. The third kappa shape index (κ3) is 0.746. The van der Waals surface area contributed by atoms with Gasteiger partial charge < -0.3 is 4.90 Å². The Bertz CT molecular complexity index is 167. The Morgan fingerprint density at radius 2 is 2.50 bits per heavy atom. The molecule has 0 N–H and O–H groups in total. The number of hydrogen-bond acceptors (Lipinski definition) is 1. The first-order valence-electron chi connectivity index (χ1n) is 4.12. The zero-order valence-electron chi connectivity index (χ0n) is 6.34. The zero-order valence-corrected chi connectivity index (χ0v) is 6.34. The van der Waals surface area contributed by atoms with Crippen LogP contribution in [0.15, 0.2) is 0 Å². The quantitative estimate of drug-likeness (QED) is 0.531. The van der Waals surface area contributed by atoms with Crippen molar-refractivity contribution in [1.82, 2.24) is 4.90 Å². The van der Waals surface area contributed by atoms with Crippen molar-refractivity contribution < 1.29 is 4.79 Å². The molecule has 0 aromatic heterocycles. The van der Waals surface area contributed by atoms with E-state index < -0.39 is 0 Å². The van der Waals surface area contributed by atoms with E-state index in [1.54, 1.807) is 0 Å². The van der Waals surface area contributed by atoms with E-state index in [-0.39, 0.29) is 0 Å². The van der Waals surface area contributed by atoms with Gasteiger partial charge in [0, 0.05) is 19.0 Å². The summed E-state index contributed by atoms with van der Waals surface area (Å²) in [6.45, 7) is 2.97. The molecule has 2 heteroatoms. The summed E-state index contributed by atoms with van der Waals surface area (Å²) in [5.74, 6) is 1.24. The number of amides is 1. The summed E-state index contributed by atoms with van der Waals surface area (Å²) in [7, 11) is 0. The highest BCUT2D eigenvalue weighted by Gasteiger charge is 2.48. The Morgan fingerprint density at radius 3 is 2.90 bits per heavy atom. The number of rotatable bonds is 1. The Kier molecular flexibility index (Phi) is 1.22. The summed E-state index contributed by atoms with van der Waals surface area (Å²) in [5, 5.41) is 0. The van der Waals surface area contributed by atoms with Crippen LogP contribution in [0, 0.1) is 5.92 Å². The first-order valence-corrected chi connectivity index (χ1v) is 4.12. The molecular formula is C8H13NO. The van der Waals surface area contributed by atoms with Crippen molar-refractivity contribution in [3.05, 3.63) is 0 Å². The van der Waals surface area contributed by atoms with Gasteiger partial charge in [-0.3, -0.25) is 4.79 Å². The fourth-order valence-corrected chi connectivity index (χ4v) is 1.91. The summed E-state index contributed by atoms with van der Waals surface area (Å²) >= 11 is 0. The Balaban J connectivity index is 1.98. The van der Waals surface area contributed by atoms with Crippen LogP contribution in [0.5, 0.6) is 0 Å². The van der Waals surface area contributed by atoms with Crippen LogP contribution in [-0.4, -0.2) is 23.4 Å². The Hall–Kier alpha value is -0.530. The van der Waals surface area contributed by atoms with Gasteiger partial charge >= 0.3 is 0 Å². The van der Waals surface area contributed by atoms with E-state index >= 15 is 0 Å². The molecule has 1 heterocycles. The highest BCUT2D eigenvalue weighted by Crippen LogP contribution is 2.44. The lowest BCUT2D eigenvalue weighted by Gasteiger charge is -2.16. The lowest BCUT2D eigenvalue weighted by molar-refractivity contribution is -0.130. The van der Waals surface area contributed by atoms with Crippen LogP contribution in [0.25, 0.3) is 0 Å². The summed E-state index contributed by atoms with van der Waals surface area (Å²) in [5.41, 5.74) is 0. The molecular weight excluding hydrogens is 126 g/mol. The molecule has 2 atom stereocenters. The Labute approximate surface area is 61.2 Å². The minimum Gasteiger partial charge on any atom is -0.339 e. The van der Waals surface area contributed by atoms with Crippen LogP contribution in [0.2, 0.25) is 0 Å². The van der Waals surface area contributed by atoms with Crippen molar-refractivity contribution in [2.45, 2.75) is 32.2 Å². The van der Waals surface area contributed by atoms with Crippen molar-refractivity contribution in [3.63, 3.8) is 0 Å². The van der Waals surface area contributed by atoms with Gasteiger partial charge in [0.05, 0.1) is 0 Å². The largest absolute Gasteiger partial charge is 0.339 e. The summed E-state index contributed by atoms with van der Waals surface area (Å²) in [6.07, 6.45) is 3.23. The second-order valence-corrected chi connectivity index (χ2v) is 3.29. The van der Waals surface area contributed by atoms with Gasteiger partial charge in [0.25, 0.3) is 0 Å². The lowest BCUT2D eigenvalue weighted by Crippen LogP contribution is -2.29. The van der Waals surface area contributed by atoms with Crippen molar-refractivity contribution in [3.8, 4) is 0 Å². The highest BCUT2D eigenvalue weighted by molar-refractivity contribution is 5.77. The molecule has 2 aliphatic rings. The third-order valence-corrected chi connectivity index (χ3v) is 2.65. The highest BCUT2D eigenvalue weighted by atomic mass is 16.2. The smallest absolute Gasteiger partial charge is 0.222 e. The minimum absolute atomic E-state index is 0.352. The fourth-order valence-electron chi connectivity index (χ4n) is 1.91. The summed E-state index contributed by atoms with van der Waals surface area (Å²) in [4.78, 5) is 13.2. The first-order chi connectivity index (χ1) is 4.83. The van der Waals surface area contributed by atoms with Crippen LogP contribution >= 0.6 is 0 Å². The molecule has 10 heavy (non-hydrogen) atoms. The molecule has 1 saturated heterocycles. The van der Waals surface area contributed by atoms with Gasteiger partial charge in [-0.25, -0.2) is 0 Å². The maximum Gasteiger partial charge on any atom is 0.222 e. The van der Waals surface area contributed by atoms with Crippen LogP contribution in [0.1, 0.15) is 26.2 Å². The van der Waals surface area contributed by atoms with Gasteiger partial charge in [-0.2, -0.15) is 0 Å². The van der Waals surface area contributed by atoms with E-state index in [2.05, 4.69) is 4.90 Å². The predicted octanol–water partition coefficient (Wildman–Crippen LogP) is 1.02. The molecule has 0 aromatic rings. The lowest BCUT2D eigenvalue weighted by atomic mass is 10.3. The molecule has 2 nitrogen and oxygen atoms in total. The molecule has 2 unspecified atom stereocenters. The predicted molar refractivity (Wildman–Crippen MR) is 38.5 cm³/mol. The summed E-state index contributed by atoms with van der Waals surface area (Å²) in [6, 6.07) is 0.660. The number of likely N-dealkylation sites (tertiary alicyclic amines) is 1. The van der Waals surface area contributed by atoms with Gasteiger partial charge in [0.2, 0.25) is 5.91 Å². The van der Waals surface area contributed by atoms with Gasteiger partial charge in [-0.05, 0) is 18.8 Å². The molecule has 0 aromatic carbocycles. The van der Waals surface area contributed by atoms with Gasteiger partial charge in [0.1, 0.15) is 0 Å². The zero-order chi connectivity index (χ0) is 7.14. The number of piperidine rings is 1. The first kappa shape index (κ1) is 6.20. The average molecular weight is 139 g/mol. The van der Waals surface area contributed by atoms with E-state index in [1.807, 2.05) is 6.92 Å². The molecule has 2 rings (SSSR count). The van der Waals surface area contributed by atoms with E-state index in [1.165, 1.54) is 12.8 Å². The number of hydrogen-bond donors (Lipinski definition) is 0. The molecule has 1 aliphatic carbocycles. The number of carbonyl (C=O) groups excluding carboxylic acids is 1. The third-order valence-electron chi connectivity index (χ3n) is 2.65. The average Bonchev–Trinajstić information content (AvgIpc) is 2.62. The monoisotopic (exact) mass is 139 g/mol. The number of fused-ring (bicyclic) bond motifs is 1. The molecule has 56 valence electrons. The second-order valence-electron chi connectivity index (χ2n) is 3.29. The summed E-state index contributed by atoms with van der Waals surface area (Å²) < 4.78 is 0. The van der Waals surface area contributed by atoms with E-state index in [0.717, 1.165) is 12.5 Å². The van der Waals surface area contributed by atoms with Gasteiger partial charge in [-0.15, -0.1) is 0 Å². The molecule has 2 fully saturated rings. The molecule has 0 bridgehead atoms. The van der Waals surface area contributed by atoms with Crippen molar-refractivity contribution in [2.24, 2.45) is 5.92 Å². The van der Waals surface area contributed by atoms with E-state index in [0.29, 0.717) is 18.4 Å². The SMILES string of the molecule is CCC(=O)N1CCC2CC21. The van der Waals surface area contributed by atoms with Crippen LogP contribution < -0.4 is 0 Å². The fraction of sp³-hybridized carbons (Fsp3) is 0.875. The number of carbonyl (C=O) groups is 1. The second kappa shape index (κ2) is 1.97. The maximum absolute atomic E-state index is 11.2. The van der Waals surface area contributed by atoms with Crippen molar-refractivity contribution in [1.29, 1.82) is 0 Å². The number of nitrogens with zero attached hydrogens (tertiary/aromatic N) is 1. The maximum atomic E-state index is 11.2.